The topological polar surface area (TPSA) is 72.0 Å². The minimum atomic E-state index is 0.473. The number of ether oxygens (including phenoxy) is 3. The fourth-order valence-electron chi connectivity index (χ4n) is 4.11. The van der Waals surface area contributed by atoms with Crippen molar-refractivity contribution in [2.24, 2.45) is 0 Å². The van der Waals surface area contributed by atoms with Gasteiger partial charge in [-0.05, 0) is 32.0 Å². The number of aromatic nitrogens is 2. The molecule has 0 radical (unpaired) electrons. The fraction of sp³-hybridized carbons (Fsp3) is 0.636. The first-order valence-corrected chi connectivity index (χ1v) is 11.1. The summed E-state index contributed by atoms with van der Waals surface area (Å²) in [6.07, 6.45) is 5.55. The molecule has 2 aromatic rings. The van der Waals surface area contributed by atoms with Gasteiger partial charge in [0.15, 0.2) is 11.5 Å². The van der Waals surface area contributed by atoms with Crippen LogP contribution >= 0.6 is 0 Å². The predicted octanol–water partition coefficient (Wildman–Crippen LogP) is 1.93. The molecule has 0 spiro atoms. The van der Waals surface area contributed by atoms with Crippen molar-refractivity contribution in [3.63, 3.8) is 0 Å². The van der Waals surface area contributed by atoms with Gasteiger partial charge in [-0.3, -0.25) is 4.90 Å². The molecular formula is C22H33N5O3. The monoisotopic (exact) mass is 415 g/mol. The summed E-state index contributed by atoms with van der Waals surface area (Å²) in [5.74, 6) is 2.42. The van der Waals surface area contributed by atoms with E-state index in [4.69, 9.17) is 14.2 Å². The van der Waals surface area contributed by atoms with Gasteiger partial charge in [-0.25, -0.2) is 9.97 Å². The minimum absolute atomic E-state index is 0.473. The van der Waals surface area contributed by atoms with Gasteiger partial charge < -0.3 is 24.4 Å². The number of rotatable bonds is 9. The summed E-state index contributed by atoms with van der Waals surface area (Å²) in [6, 6.07) is 4.01. The van der Waals surface area contributed by atoms with Crippen molar-refractivity contribution < 1.29 is 14.2 Å². The molecule has 8 nitrogen and oxygen atoms in total. The van der Waals surface area contributed by atoms with E-state index in [-0.39, 0.29) is 0 Å². The molecule has 0 unspecified atom stereocenters. The van der Waals surface area contributed by atoms with Crippen LogP contribution < -0.4 is 19.7 Å². The molecule has 1 aromatic carbocycles. The second-order valence-electron chi connectivity index (χ2n) is 7.84. The molecule has 3 heterocycles. The SMILES string of the molecule is COCCOc1cc2c(N3CCNCC3)ncnc2cc1OCCN1CCCCC1. The Kier molecular flexibility index (Phi) is 7.55. The Morgan fingerprint density at radius 1 is 0.900 bits per heavy atom. The van der Waals surface area contributed by atoms with E-state index in [1.165, 1.54) is 32.4 Å². The number of benzene rings is 1. The van der Waals surface area contributed by atoms with Crippen LogP contribution in [0.15, 0.2) is 18.5 Å². The molecule has 164 valence electrons. The van der Waals surface area contributed by atoms with Crippen molar-refractivity contribution in [1.82, 2.24) is 20.2 Å². The molecule has 30 heavy (non-hydrogen) atoms. The zero-order valence-corrected chi connectivity index (χ0v) is 17.9. The van der Waals surface area contributed by atoms with Gasteiger partial charge in [0.2, 0.25) is 0 Å². The Hall–Kier alpha value is -2.16. The van der Waals surface area contributed by atoms with Crippen molar-refractivity contribution in [2.75, 3.05) is 77.6 Å². The third-order valence-corrected chi connectivity index (χ3v) is 5.76. The van der Waals surface area contributed by atoms with Crippen LogP contribution in [0.4, 0.5) is 5.82 Å². The second-order valence-corrected chi connectivity index (χ2v) is 7.84. The molecule has 1 N–H and O–H groups in total. The lowest BCUT2D eigenvalue weighted by Crippen LogP contribution is -2.44. The van der Waals surface area contributed by atoms with Gasteiger partial charge in [0, 0.05) is 51.3 Å². The van der Waals surface area contributed by atoms with Crippen molar-refractivity contribution in [2.45, 2.75) is 19.3 Å². The first kappa shape index (κ1) is 21.1. The molecular weight excluding hydrogens is 382 g/mol. The lowest BCUT2D eigenvalue weighted by Gasteiger charge is -2.29. The molecule has 4 rings (SSSR count). The largest absolute Gasteiger partial charge is 0.488 e. The fourth-order valence-corrected chi connectivity index (χ4v) is 4.11. The summed E-state index contributed by atoms with van der Waals surface area (Å²) in [7, 11) is 1.68. The number of likely N-dealkylation sites (tertiary alicyclic amines) is 1. The molecule has 0 amide bonds. The van der Waals surface area contributed by atoms with Gasteiger partial charge in [0.05, 0.1) is 12.1 Å². The van der Waals surface area contributed by atoms with E-state index in [9.17, 15) is 0 Å². The Labute approximate surface area is 178 Å². The molecule has 2 fully saturated rings. The maximum Gasteiger partial charge on any atom is 0.163 e. The van der Waals surface area contributed by atoms with E-state index in [1.54, 1.807) is 13.4 Å². The number of hydrogen-bond donors (Lipinski definition) is 1. The van der Waals surface area contributed by atoms with Crippen LogP contribution in [0.1, 0.15) is 19.3 Å². The Morgan fingerprint density at radius 3 is 2.47 bits per heavy atom. The highest BCUT2D eigenvalue weighted by molar-refractivity contribution is 5.92. The third-order valence-electron chi connectivity index (χ3n) is 5.76. The van der Waals surface area contributed by atoms with Gasteiger partial charge in [-0.1, -0.05) is 6.42 Å². The number of piperidine rings is 1. The summed E-state index contributed by atoms with van der Waals surface area (Å²) in [5, 5.41) is 4.39. The van der Waals surface area contributed by atoms with E-state index in [2.05, 4.69) is 25.1 Å². The standard InChI is InChI=1S/C22H33N5O3/c1-28-13-14-30-20-15-18-19(24-17-25-22(18)27-9-5-23-6-10-27)16-21(20)29-12-11-26-7-3-2-4-8-26/h15-17,23H,2-14H2,1H3. The number of fused-ring (bicyclic) bond motifs is 1. The molecule has 2 saturated heterocycles. The normalized spacial score (nSPS) is 18.0. The van der Waals surface area contributed by atoms with E-state index >= 15 is 0 Å². The smallest absolute Gasteiger partial charge is 0.163 e. The van der Waals surface area contributed by atoms with Crippen molar-refractivity contribution in [1.29, 1.82) is 0 Å². The second kappa shape index (κ2) is 10.7. The number of nitrogens with one attached hydrogen (secondary N) is 1. The molecule has 0 saturated carbocycles. The van der Waals surface area contributed by atoms with Gasteiger partial charge in [0.25, 0.3) is 0 Å². The summed E-state index contributed by atoms with van der Waals surface area (Å²) >= 11 is 0. The van der Waals surface area contributed by atoms with Gasteiger partial charge in [0.1, 0.15) is 25.4 Å². The van der Waals surface area contributed by atoms with Crippen LogP contribution in [-0.2, 0) is 4.74 Å². The van der Waals surface area contributed by atoms with Gasteiger partial charge >= 0.3 is 0 Å². The molecule has 0 atom stereocenters. The van der Waals surface area contributed by atoms with Crippen LogP contribution in [0.3, 0.4) is 0 Å². The average molecular weight is 416 g/mol. The first-order valence-electron chi connectivity index (χ1n) is 11.1. The summed E-state index contributed by atoms with van der Waals surface area (Å²) in [6.45, 7) is 8.69. The molecule has 1 aromatic heterocycles. The zero-order chi connectivity index (χ0) is 20.6. The number of hydrogen-bond acceptors (Lipinski definition) is 8. The van der Waals surface area contributed by atoms with E-state index in [0.29, 0.717) is 19.8 Å². The molecule has 2 aliphatic rings. The number of methoxy groups -OCH3 is 1. The molecule has 8 heteroatoms. The van der Waals surface area contributed by atoms with E-state index < -0.39 is 0 Å². The Morgan fingerprint density at radius 2 is 1.67 bits per heavy atom. The predicted molar refractivity (Wildman–Crippen MR) is 118 cm³/mol. The number of nitrogens with zero attached hydrogens (tertiary/aromatic N) is 4. The van der Waals surface area contributed by atoms with Crippen LogP contribution in [0.5, 0.6) is 11.5 Å². The van der Waals surface area contributed by atoms with Crippen LogP contribution in [0, 0.1) is 0 Å². The minimum Gasteiger partial charge on any atom is -0.488 e. The highest BCUT2D eigenvalue weighted by atomic mass is 16.5. The average Bonchev–Trinajstić information content (AvgIpc) is 2.80. The molecule has 0 bridgehead atoms. The van der Waals surface area contributed by atoms with Crippen LogP contribution in [-0.4, -0.2) is 87.6 Å². The Bertz CT molecular complexity index is 807. The first-order chi connectivity index (χ1) is 14.8. The lowest BCUT2D eigenvalue weighted by molar-refractivity contribution is 0.141. The van der Waals surface area contributed by atoms with E-state index in [1.807, 2.05) is 12.1 Å². The van der Waals surface area contributed by atoms with Crippen molar-refractivity contribution in [3.05, 3.63) is 18.5 Å². The van der Waals surface area contributed by atoms with Crippen LogP contribution in [0.2, 0.25) is 0 Å². The quantitative estimate of drug-likeness (QED) is 0.623. The van der Waals surface area contributed by atoms with Gasteiger partial charge in [-0.15, -0.1) is 0 Å². The summed E-state index contributed by atoms with van der Waals surface area (Å²) in [5.41, 5.74) is 0.880. The molecule has 0 aliphatic carbocycles. The third kappa shape index (κ3) is 5.30. The maximum atomic E-state index is 6.17. The highest BCUT2D eigenvalue weighted by Gasteiger charge is 2.18. The van der Waals surface area contributed by atoms with E-state index in [0.717, 1.165) is 60.9 Å². The molecule has 2 aliphatic heterocycles. The number of anilines is 1. The lowest BCUT2D eigenvalue weighted by atomic mass is 10.1. The highest BCUT2D eigenvalue weighted by Crippen LogP contribution is 2.35. The van der Waals surface area contributed by atoms with Gasteiger partial charge in [-0.2, -0.15) is 0 Å². The number of piperazine rings is 1. The van der Waals surface area contributed by atoms with Crippen LogP contribution in [0.25, 0.3) is 10.9 Å². The zero-order valence-electron chi connectivity index (χ0n) is 17.9. The Balaban J connectivity index is 1.54. The van der Waals surface area contributed by atoms with Crippen molar-refractivity contribution >= 4 is 16.7 Å². The summed E-state index contributed by atoms with van der Waals surface area (Å²) in [4.78, 5) is 13.9. The van der Waals surface area contributed by atoms with Crippen molar-refractivity contribution in [3.8, 4) is 11.5 Å². The maximum absolute atomic E-state index is 6.17. The summed E-state index contributed by atoms with van der Waals surface area (Å²) < 4.78 is 17.4.